The Hall–Kier alpha value is -2.08. The summed E-state index contributed by atoms with van der Waals surface area (Å²) in [7, 11) is 0. The zero-order chi connectivity index (χ0) is 13.3. The lowest BCUT2D eigenvalue weighted by Crippen LogP contribution is -2.02. The second-order valence-electron chi connectivity index (χ2n) is 3.11. The molecule has 0 amide bonds. The van der Waals surface area contributed by atoms with E-state index in [0.717, 1.165) is 0 Å². The van der Waals surface area contributed by atoms with Crippen LogP contribution in [-0.2, 0) is 4.79 Å². The Morgan fingerprint density at radius 3 is 2.06 bits per heavy atom. The Morgan fingerprint density at radius 1 is 1.18 bits per heavy atom. The van der Waals surface area contributed by atoms with Gasteiger partial charge in [0.1, 0.15) is 11.3 Å². The summed E-state index contributed by atoms with van der Waals surface area (Å²) in [6.45, 7) is 0.465. The minimum atomic E-state index is -1.11. The predicted molar refractivity (Wildman–Crippen MR) is 61.0 cm³/mol. The fraction of sp³-hybridized carbons (Fsp3) is 0.273. The molecule has 5 N–H and O–H groups in total. The quantitative estimate of drug-likeness (QED) is 0.621. The van der Waals surface area contributed by atoms with Gasteiger partial charge in [0, 0.05) is 6.42 Å². The maximum atomic E-state index is 10.3. The summed E-state index contributed by atoms with van der Waals surface area (Å²) in [5.41, 5.74) is 4.95. The summed E-state index contributed by atoms with van der Waals surface area (Å²) in [5.74, 6) is -2.08. The number of aliphatic carboxylic acids is 1. The Morgan fingerprint density at radius 2 is 1.76 bits per heavy atom. The SMILES string of the molecule is NCCCC(=O)O.O=C(O)c1ccccc1O. The van der Waals surface area contributed by atoms with Gasteiger partial charge in [-0.3, -0.25) is 4.79 Å². The number of para-hydroxylation sites is 1. The molecule has 1 rings (SSSR count). The lowest BCUT2D eigenvalue weighted by atomic mass is 10.2. The van der Waals surface area contributed by atoms with Crippen LogP contribution in [0.2, 0.25) is 0 Å². The molecule has 0 spiro atoms. The van der Waals surface area contributed by atoms with Gasteiger partial charge >= 0.3 is 11.9 Å². The number of carboxylic acids is 2. The van der Waals surface area contributed by atoms with Crippen molar-refractivity contribution < 1.29 is 24.9 Å². The van der Waals surface area contributed by atoms with Crippen LogP contribution >= 0.6 is 0 Å². The van der Waals surface area contributed by atoms with Crippen LogP contribution in [0.15, 0.2) is 24.3 Å². The van der Waals surface area contributed by atoms with Crippen LogP contribution in [0.1, 0.15) is 23.2 Å². The van der Waals surface area contributed by atoms with Gasteiger partial charge in [-0.2, -0.15) is 0 Å². The van der Waals surface area contributed by atoms with Crippen molar-refractivity contribution in [1.29, 1.82) is 0 Å². The third-order valence-electron chi connectivity index (χ3n) is 1.73. The van der Waals surface area contributed by atoms with E-state index in [-0.39, 0.29) is 17.7 Å². The molecule has 1 aromatic rings. The number of rotatable bonds is 4. The Bertz CT molecular complexity index is 378. The fourth-order valence-electron chi connectivity index (χ4n) is 0.908. The van der Waals surface area contributed by atoms with Crippen LogP contribution in [0.5, 0.6) is 5.75 Å². The summed E-state index contributed by atoms with van der Waals surface area (Å²) in [4.78, 5) is 20.0. The molecule has 94 valence electrons. The highest BCUT2D eigenvalue weighted by Crippen LogP contribution is 2.14. The first kappa shape index (κ1) is 14.9. The van der Waals surface area contributed by atoms with Gasteiger partial charge in [-0.15, -0.1) is 0 Å². The predicted octanol–water partition coefficient (Wildman–Crippen LogP) is 0.900. The number of benzene rings is 1. The summed E-state index contributed by atoms with van der Waals surface area (Å²) in [6.07, 6.45) is 0.770. The molecule has 0 radical (unpaired) electrons. The topological polar surface area (TPSA) is 121 Å². The van der Waals surface area contributed by atoms with Crippen molar-refractivity contribution >= 4 is 11.9 Å². The third-order valence-corrected chi connectivity index (χ3v) is 1.73. The van der Waals surface area contributed by atoms with Gasteiger partial charge in [-0.05, 0) is 25.1 Å². The first-order chi connectivity index (χ1) is 7.99. The maximum Gasteiger partial charge on any atom is 0.339 e. The number of carboxylic acid groups (broad SMARTS) is 2. The average Bonchev–Trinajstić information content (AvgIpc) is 2.27. The van der Waals surface area contributed by atoms with Crippen molar-refractivity contribution in [2.75, 3.05) is 6.54 Å². The summed E-state index contributed by atoms with van der Waals surface area (Å²) in [5, 5.41) is 25.3. The van der Waals surface area contributed by atoms with Gasteiger partial charge in [-0.25, -0.2) is 4.79 Å². The normalized spacial score (nSPS) is 9.00. The molecule has 0 fully saturated rings. The highest BCUT2D eigenvalue weighted by atomic mass is 16.4. The van der Waals surface area contributed by atoms with Crippen molar-refractivity contribution in [1.82, 2.24) is 0 Å². The standard InChI is InChI=1S/C7H6O3.C4H9NO2/c8-6-4-2-1-3-5(6)7(9)10;5-3-1-2-4(6)7/h1-4,8H,(H,9,10);1-3,5H2,(H,6,7). The monoisotopic (exact) mass is 241 g/mol. The number of hydrogen-bond acceptors (Lipinski definition) is 4. The molecule has 1 aromatic carbocycles. The Balaban J connectivity index is 0.000000325. The fourth-order valence-corrected chi connectivity index (χ4v) is 0.908. The van der Waals surface area contributed by atoms with Gasteiger partial charge in [0.2, 0.25) is 0 Å². The number of hydrogen-bond donors (Lipinski definition) is 4. The van der Waals surface area contributed by atoms with E-state index in [9.17, 15) is 9.59 Å². The van der Waals surface area contributed by atoms with E-state index in [1.165, 1.54) is 12.1 Å². The summed E-state index contributed by atoms with van der Waals surface area (Å²) < 4.78 is 0. The van der Waals surface area contributed by atoms with Crippen molar-refractivity contribution in [2.24, 2.45) is 5.73 Å². The van der Waals surface area contributed by atoms with Gasteiger partial charge in [-0.1, -0.05) is 12.1 Å². The molecule has 0 heterocycles. The van der Waals surface area contributed by atoms with Gasteiger partial charge < -0.3 is 21.1 Å². The number of phenols is 1. The second-order valence-corrected chi connectivity index (χ2v) is 3.11. The first-order valence-corrected chi connectivity index (χ1v) is 4.92. The zero-order valence-electron chi connectivity index (χ0n) is 9.17. The van der Waals surface area contributed by atoms with E-state index >= 15 is 0 Å². The van der Waals surface area contributed by atoms with E-state index < -0.39 is 11.9 Å². The zero-order valence-corrected chi connectivity index (χ0v) is 9.17. The molecule has 0 aliphatic heterocycles. The lowest BCUT2D eigenvalue weighted by molar-refractivity contribution is -0.137. The van der Waals surface area contributed by atoms with Crippen LogP contribution in [0, 0.1) is 0 Å². The Kier molecular flexibility index (Phi) is 7.12. The Labute approximate surface area is 98.3 Å². The molecule has 0 aliphatic carbocycles. The molecule has 0 aromatic heterocycles. The molecular weight excluding hydrogens is 226 g/mol. The molecule has 6 heteroatoms. The molecule has 0 saturated carbocycles. The highest BCUT2D eigenvalue weighted by Gasteiger charge is 2.05. The van der Waals surface area contributed by atoms with Crippen LogP contribution in [0.25, 0.3) is 0 Å². The minimum Gasteiger partial charge on any atom is -0.507 e. The van der Waals surface area contributed by atoms with Crippen molar-refractivity contribution in [3.8, 4) is 5.75 Å². The average molecular weight is 241 g/mol. The van der Waals surface area contributed by atoms with Crippen LogP contribution in [-0.4, -0.2) is 33.8 Å². The molecular formula is C11H15NO5. The van der Waals surface area contributed by atoms with Gasteiger partial charge in [0.05, 0.1) is 0 Å². The van der Waals surface area contributed by atoms with Gasteiger partial charge in [0.25, 0.3) is 0 Å². The van der Waals surface area contributed by atoms with Crippen LogP contribution in [0.4, 0.5) is 0 Å². The van der Waals surface area contributed by atoms with Gasteiger partial charge in [0.15, 0.2) is 0 Å². The molecule has 0 saturated heterocycles. The molecule has 6 nitrogen and oxygen atoms in total. The molecule has 0 unspecified atom stereocenters. The van der Waals surface area contributed by atoms with E-state index in [1.807, 2.05) is 0 Å². The highest BCUT2D eigenvalue weighted by molar-refractivity contribution is 5.90. The maximum absolute atomic E-state index is 10.3. The number of aromatic carboxylic acids is 1. The molecule has 0 atom stereocenters. The first-order valence-electron chi connectivity index (χ1n) is 4.92. The molecule has 0 bridgehead atoms. The van der Waals surface area contributed by atoms with Crippen LogP contribution < -0.4 is 5.73 Å². The second kappa shape index (κ2) is 8.12. The number of carbonyl (C=O) groups is 2. The van der Waals surface area contributed by atoms with Crippen molar-refractivity contribution in [3.63, 3.8) is 0 Å². The number of aromatic hydroxyl groups is 1. The van der Waals surface area contributed by atoms with Crippen LogP contribution in [0.3, 0.4) is 0 Å². The van der Waals surface area contributed by atoms with Crippen molar-refractivity contribution in [2.45, 2.75) is 12.8 Å². The third kappa shape index (κ3) is 6.91. The number of nitrogens with two attached hydrogens (primary N) is 1. The summed E-state index contributed by atoms with van der Waals surface area (Å²) >= 11 is 0. The van der Waals surface area contributed by atoms with E-state index in [2.05, 4.69) is 0 Å². The smallest absolute Gasteiger partial charge is 0.339 e. The summed E-state index contributed by atoms with van der Waals surface area (Å²) in [6, 6.07) is 5.81. The minimum absolute atomic E-state index is 0.0671. The van der Waals surface area contributed by atoms with E-state index in [1.54, 1.807) is 12.1 Å². The molecule has 17 heavy (non-hydrogen) atoms. The lowest BCUT2D eigenvalue weighted by Gasteiger charge is -1.95. The molecule has 0 aliphatic rings. The largest absolute Gasteiger partial charge is 0.507 e. The van der Waals surface area contributed by atoms with E-state index in [4.69, 9.17) is 21.1 Å². The van der Waals surface area contributed by atoms with Crippen molar-refractivity contribution in [3.05, 3.63) is 29.8 Å². The van der Waals surface area contributed by atoms with E-state index in [0.29, 0.717) is 13.0 Å².